The molecule has 0 fully saturated rings. The number of halogens is 3. The Balaban J connectivity index is 2.26. The predicted octanol–water partition coefficient (Wildman–Crippen LogP) is 1.46. The van der Waals surface area contributed by atoms with Crippen molar-refractivity contribution in [3.63, 3.8) is 0 Å². The number of hydrogen-bond donors (Lipinski definition) is 0. The van der Waals surface area contributed by atoms with Crippen LogP contribution in [0.5, 0.6) is 0 Å². The van der Waals surface area contributed by atoms with Gasteiger partial charge in [0.15, 0.2) is 0 Å². The lowest BCUT2D eigenvalue weighted by atomic mass is 9.92. The number of allylic oxidation sites excluding steroid dienone is 3. The van der Waals surface area contributed by atoms with Crippen LogP contribution < -0.4 is 0 Å². The van der Waals surface area contributed by atoms with E-state index in [4.69, 9.17) is 0 Å². The summed E-state index contributed by atoms with van der Waals surface area (Å²) in [7, 11) is -5.71. The summed E-state index contributed by atoms with van der Waals surface area (Å²) in [6.45, 7) is 0. The van der Waals surface area contributed by atoms with Crippen LogP contribution in [0.15, 0.2) is 40.6 Å². The first kappa shape index (κ1) is 13.5. The fraction of sp³-hybridized carbons (Fsp3) is 0.200. The third kappa shape index (κ3) is 2.60. The lowest BCUT2D eigenvalue weighted by Gasteiger charge is -2.19. The molecule has 0 aromatic rings. The maximum Gasteiger partial charge on any atom is 0.534 e. The van der Waals surface area contributed by atoms with Gasteiger partial charge in [-0.15, -0.1) is 0 Å². The highest BCUT2D eigenvalue weighted by molar-refractivity contribution is 7.87. The first-order chi connectivity index (χ1) is 8.71. The molecular formula is C10H6F3NO4S. The van der Waals surface area contributed by atoms with Crippen molar-refractivity contribution in [2.45, 2.75) is 5.51 Å². The lowest BCUT2D eigenvalue weighted by Crippen LogP contribution is -2.26. The molecule has 19 heavy (non-hydrogen) atoms. The third-order valence-corrected chi connectivity index (χ3v) is 3.32. The zero-order chi connectivity index (χ0) is 14.3. The fourth-order valence-corrected chi connectivity index (χ4v) is 1.94. The Morgan fingerprint density at radius 3 is 2.63 bits per heavy atom. The van der Waals surface area contributed by atoms with Crippen LogP contribution in [0.25, 0.3) is 0 Å². The number of hydrogen-bond acceptors (Lipinski definition) is 4. The van der Waals surface area contributed by atoms with Gasteiger partial charge >= 0.3 is 15.6 Å². The van der Waals surface area contributed by atoms with Crippen LogP contribution in [0.3, 0.4) is 0 Å². The number of amides is 1. The summed E-state index contributed by atoms with van der Waals surface area (Å²) in [4.78, 5) is 14.8. The Hall–Kier alpha value is -1.90. The van der Waals surface area contributed by atoms with E-state index in [2.05, 4.69) is 9.18 Å². The summed E-state index contributed by atoms with van der Waals surface area (Å²) in [5, 5.41) is 0. The van der Waals surface area contributed by atoms with E-state index in [1.54, 1.807) is 0 Å². The number of carbonyl (C=O) groups excluding carboxylic acids is 1. The molecule has 0 N–H and O–H groups in total. The summed E-state index contributed by atoms with van der Waals surface area (Å²) >= 11 is 0. The number of fused-ring (bicyclic) bond motifs is 1. The third-order valence-electron chi connectivity index (χ3n) is 2.35. The summed E-state index contributed by atoms with van der Waals surface area (Å²) in [5.41, 5.74) is -5.19. The maximum absolute atomic E-state index is 12.1. The van der Waals surface area contributed by atoms with Crippen molar-refractivity contribution in [3.05, 3.63) is 35.6 Å². The standard InChI is InChI=1S/C10H6F3NO4S/c11-10(12,13)19(16,17)18-7-1-2-8-6(5-7)3-4-14-9(8)15/h1-5,8H. The molecule has 0 spiro atoms. The number of dihydropyridines is 1. The van der Waals surface area contributed by atoms with E-state index < -0.39 is 33.2 Å². The highest BCUT2D eigenvalue weighted by Crippen LogP contribution is 2.31. The van der Waals surface area contributed by atoms with E-state index in [-0.39, 0.29) is 0 Å². The minimum atomic E-state index is -5.71. The van der Waals surface area contributed by atoms with Crippen molar-refractivity contribution < 1.29 is 30.6 Å². The van der Waals surface area contributed by atoms with Gasteiger partial charge in [0.1, 0.15) is 5.76 Å². The molecule has 1 aliphatic carbocycles. The van der Waals surface area contributed by atoms with Crippen LogP contribution in [0, 0.1) is 5.92 Å². The smallest absolute Gasteiger partial charge is 0.376 e. The monoisotopic (exact) mass is 293 g/mol. The molecule has 5 nitrogen and oxygen atoms in total. The summed E-state index contributed by atoms with van der Waals surface area (Å²) in [5.74, 6) is -1.71. The highest BCUT2D eigenvalue weighted by Gasteiger charge is 2.48. The van der Waals surface area contributed by atoms with Gasteiger partial charge in [0, 0.05) is 6.21 Å². The van der Waals surface area contributed by atoms with Gasteiger partial charge < -0.3 is 4.18 Å². The summed E-state index contributed by atoms with van der Waals surface area (Å²) < 4.78 is 62.0. The van der Waals surface area contributed by atoms with E-state index in [1.165, 1.54) is 18.4 Å². The van der Waals surface area contributed by atoms with Gasteiger partial charge in [0.05, 0.1) is 5.92 Å². The van der Waals surface area contributed by atoms with Crippen molar-refractivity contribution in [1.82, 2.24) is 0 Å². The topological polar surface area (TPSA) is 72.8 Å². The molecule has 2 rings (SSSR count). The lowest BCUT2D eigenvalue weighted by molar-refractivity contribution is -0.119. The first-order valence-electron chi connectivity index (χ1n) is 4.89. The van der Waals surface area contributed by atoms with Crippen molar-refractivity contribution in [1.29, 1.82) is 0 Å². The van der Waals surface area contributed by atoms with Crippen molar-refractivity contribution in [2.24, 2.45) is 10.9 Å². The average molecular weight is 293 g/mol. The molecule has 2 aliphatic rings. The van der Waals surface area contributed by atoms with Gasteiger partial charge in [0.25, 0.3) is 5.91 Å². The molecule has 1 aliphatic heterocycles. The van der Waals surface area contributed by atoms with Crippen molar-refractivity contribution in [2.75, 3.05) is 0 Å². The van der Waals surface area contributed by atoms with Crippen LogP contribution >= 0.6 is 0 Å². The van der Waals surface area contributed by atoms with Crippen molar-refractivity contribution >= 4 is 22.2 Å². The van der Waals surface area contributed by atoms with Crippen LogP contribution in [-0.2, 0) is 19.1 Å². The van der Waals surface area contributed by atoms with E-state index in [0.717, 1.165) is 12.2 Å². The van der Waals surface area contributed by atoms with E-state index in [9.17, 15) is 26.4 Å². The summed E-state index contributed by atoms with van der Waals surface area (Å²) in [6.07, 6.45) is 5.84. The molecule has 0 aromatic carbocycles. The molecule has 9 heteroatoms. The molecule has 0 saturated heterocycles. The van der Waals surface area contributed by atoms with Crippen LogP contribution in [0.4, 0.5) is 13.2 Å². The summed E-state index contributed by atoms with van der Waals surface area (Å²) in [6, 6.07) is 0. The van der Waals surface area contributed by atoms with Crippen molar-refractivity contribution in [3.8, 4) is 0 Å². The number of carbonyl (C=O) groups is 1. The quantitative estimate of drug-likeness (QED) is 0.570. The molecule has 0 saturated carbocycles. The van der Waals surface area contributed by atoms with Gasteiger partial charge in [-0.05, 0) is 23.8 Å². The molecule has 1 unspecified atom stereocenters. The van der Waals surface area contributed by atoms with Gasteiger partial charge in [-0.2, -0.15) is 21.6 Å². The predicted molar refractivity (Wildman–Crippen MR) is 58.4 cm³/mol. The fourth-order valence-electron chi connectivity index (χ4n) is 1.48. The van der Waals surface area contributed by atoms with Gasteiger partial charge in [-0.3, -0.25) is 4.79 Å². The SMILES string of the molecule is O=C1N=CC=C2C=C(OS(=O)(=O)C(F)(F)F)C=CC12. The molecule has 1 heterocycles. The zero-order valence-corrected chi connectivity index (χ0v) is 9.90. The van der Waals surface area contributed by atoms with Crippen LogP contribution in [-0.4, -0.2) is 26.0 Å². The maximum atomic E-state index is 12.1. The second kappa shape index (κ2) is 4.34. The highest BCUT2D eigenvalue weighted by atomic mass is 32.2. The molecule has 1 atom stereocenters. The van der Waals surface area contributed by atoms with Crippen LogP contribution in [0.1, 0.15) is 0 Å². The molecule has 0 aromatic heterocycles. The Kier molecular flexibility index (Phi) is 3.09. The number of alkyl halides is 3. The minimum Gasteiger partial charge on any atom is -0.376 e. The first-order valence-corrected chi connectivity index (χ1v) is 6.30. The molecule has 1 amide bonds. The second-order valence-corrected chi connectivity index (χ2v) is 5.19. The van der Waals surface area contributed by atoms with Gasteiger partial charge in [-0.1, -0.05) is 6.08 Å². The van der Waals surface area contributed by atoms with Crippen LogP contribution in [0.2, 0.25) is 0 Å². The second-order valence-electron chi connectivity index (χ2n) is 3.65. The number of nitrogens with zero attached hydrogens (tertiary/aromatic N) is 1. The Morgan fingerprint density at radius 2 is 2.00 bits per heavy atom. The zero-order valence-electron chi connectivity index (χ0n) is 9.09. The normalized spacial score (nSPS) is 22.7. The van der Waals surface area contributed by atoms with E-state index in [0.29, 0.717) is 5.57 Å². The molecular weight excluding hydrogens is 287 g/mol. The number of aliphatic imine (C=N–C) groups is 1. The average Bonchev–Trinajstić information content (AvgIpc) is 2.27. The van der Waals surface area contributed by atoms with Gasteiger partial charge in [0.2, 0.25) is 0 Å². The minimum absolute atomic E-state index is 0.315. The molecule has 102 valence electrons. The van der Waals surface area contributed by atoms with E-state index >= 15 is 0 Å². The Labute approximate surface area is 105 Å². The number of rotatable bonds is 2. The Morgan fingerprint density at radius 1 is 1.32 bits per heavy atom. The van der Waals surface area contributed by atoms with E-state index in [1.807, 2.05) is 0 Å². The van der Waals surface area contributed by atoms with Gasteiger partial charge in [-0.25, -0.2) is 4.99 Å². The Bertz CT molecular complexity index is 640. The molecule has 0 bridgehead atoms. The largest absolute Gasteiger partial charge is 0.534 e. The molecule has 0 radical (unpaired) electrons.